The van der Waals surface area contributed by atoms with E-state index in [1.807, 2.05) is 0 Å². The Bertz CT molecular complexity index is 2760. The lowest BCUT2D eigenvalue weighted by atomic mass is 9.86. The zero-order chi connectivity index (χ0) is 28.1. The first-order valence-corrected chi connectivity index (χ1v) is 14.8. The van der Waals surface area contributed by atoms with E-state index in [4.69, 9.17) is 4.42 Å². The molecule has 1 aromatic heterocycles. The van der Waals surface area contributed by atoms with Gasteiger partial charge in [-0.3, -0.25) is 0 Å². The van der Waals surface area contributed by atoms with E-state index < -0.39 is 0 Å². The van der Waals surface area contributed by atoms with Crippen molar-refractivity contribution in [1.82, 2.24) is 0 Å². The molecule has 0 fully saturated rings. The average Bonchev–Trinajstić information content (AvgIpc) is 3.43. The Morgan fingerprint density at radius 2 is 0.721 bits per heavy atom. The summed E-state index contributed by atoms with van der Waals surface area (Å²) in [6.45, 7) is 0. The highest BCUT2D eigenvalue weighted by molar-refractivity contribution is 6.39. The molecule has 10 aromatic rings. The van der Waals surface area contributed by atoms with Crippen LogP contribution in [0.3, 0.4) is 0 Å². The predicted molar refractivity (Wildman–Crippen MR) is 184 cm³/mol. The molecule has 0 unspecified atom stereocenters. The van der Waals surface area contributed by atoms with E-state index in [1.165, 1.54) is 70.2 Å². The van der Waals surface area contributed by atoms with Gasteiger partial charge in [-0.2, -0.15) is 0 Å². The molecule has 198 valence electrons. The van der Waals surface area contributed by atoms with Gasteiger partial charge in [0.05, 0.1) is 0 Å². The fraction of sp³-hybridized carbons (Fsp3) is 0. The molecular weight excluding hydrogens is 520 g/mol. The molecule has 43 heavy (non-hydrogen) atoms. The summed E-state index contributed by atoms with van der Waals surface area (Å²) in [5, 5.41) is 17.7. The first-order valence-electron chi connectivity index (χ1n) is 14.8. The third kappa shape index (κ3) is 3.17. The molecule has 0 bridgehead atoms. The highest BCUT2D eigenvalue weighted by Crippen LogP contribution is 2.45. The van der Waals surface area contributed by atoms with Gasteiger partial charge in [0.15, 0.2) is 0 Å². The first-order chi connectivity index (χ1) is 21.3. The molecule has 0 radical (unpaired) electrons. The van der Waals surface area contributed by atoms with Crippen LogP contribution in [0.2, 0.25) is 0 Å². The van der Waals surface area contributed by atoms with Gasteiger partial charge >= 0.3 is 0 Å². The molecule has 0 atom stereocenters. The molecule has 0 N–H and O–H groups in total. The first kappa shape index (κ1) is 23.0. The van der Waals surface area contributed by atoms with Gasteiger partial charge in [0.25, 0.3) is 0 Å². The topological polar surface area (TPSA) is 13.1 Å². The Balaban J connectivity index is 1.30. The van der Waals surface area contributed by atoms with E-state index in [2.05, 4.69) is 146 Å². The summed E-state index contributed by atoms with van der Waals surface area (Å²) < 4.78 is 6.44. The van der Waals surface area contributed by atoms with Gasteiger partial charge < -0.3 is 4.42 Å². The highest BCUT2D eigenvalue weighted by atomic mass is 16.3. The van der Waals surface area contributed by atoms with Gasteiger partial charge in [0.1, 0.15) is 11.2 Å². The zero-order valence-corrected chi connectivity index (χ0v) is 23.3. The molecule has 9 aromatic carbocycles. The van der Waals surface area contributed by atoms with E-state index in [1.54, 1.807) is 0 Å². The lowest BCUT2D eigenvalue weighted by Crippen LogP contribution is -1.89. The molecule has 0 aliphatic rings. The number of rotatable bonds is 1. The van der Waals surface area contributed by atoms with Crippen LogP contribution >= 0.6 is 0 Å². The Morgan fingerprint density at radius 3 is 1.35 bits per heavy atom. The Kier molecular flexibility index (Phi) is 4.51. The van der Waals surface area contributed by atoms with Crippen LogP contribution in [0, 0.1) is 0 Å². The predicted octanol–water partition coefficient (Wildman–Crippen LogP) is 12.2. The van der Waals surface area contributed by atoms with E-state index in [-0.39, 0.29) is 0 Å². The van der Waals surface area contributed by atoms with Gasteiger partial charge in [0, 0.05) is 10.8 Å². The van der Waals surface area contributed by atoms with E-state index in [0.717, 1.165) is 27.5 Å². The van der Waals surface area contributed by atoms with Gasteiger partial charge in [-0.1, -0.05) is 115 Å². The number of benzene rings is 9. The molecule has 0 aliphatic heterocycles. The quantitative estimate of drug-likeness (QED) is 0.187. The van der Waals surface area contributed by atoms with Crippen molar-refractivity contribution in [1.29, 1.82) is 0 Å². The van der Waals surface area contributed by atoms with E-state index in [0.29, 0.717) is 0 Å². The van der Waals surface area contributed by atoms with Gasteiger partial charge in [0.2, 0.25) is 0 Å². The second-order valence-corrected chi connectivity index (χ2v) is 11.7. The second kappa shape index (κ2) is 8.44. The summed E-state index contributed by atoms with van der Waals surface area (Å²) in [5.41, 5.74) is 4.20. The van der Waals surface area contributed by atoms with Crippen molar-refractivity contribution in [2.45, 2.75) is 0 Å². The fourth-order valence-corrected chi connectivity index (χ4v) is 7.44. The molecule has 0 spiro atoms. The molecule has 0 saturated heterocycles. The summed E-state index contributed by atoms with van der Waals surface area (Å²) in [7, 11) is 0. The second-order valence-electron chi connectivity index (χ2n) is 11.7. The normalized spacial score (nSPS) is 12.2. The zero-order valence-electron chi connectivity index (χ0n) is 23.3. The van der Waals surface area contributed by atoms with Crippen molar-refractivity contribution >= 4 is 86.6 Å². The van der Waals surface area contributed by atoms with Crippen LogP contribution in [0.25, 0.3) is 97.7 Å². The number of fused-ring (bicyclic) bond motifs is 15. The van der Waals surface area contributed by atoms with Gasteiger partial charge in [-0.25, -0.2) is 0 Å². The standard InChI is InChI=1S/C42H24O/c1-2-10-26-23-40-37(21-25(26)9-1)33-20-18-28(24-39(33)43-40)27-17-19-32-31-13-5-7-15-35(31)41-34-14-6-3-11-29(34)30-12-4-8-16-36(30)42(41)38(32)22-27/h1-24H. The third-order valence-electron chi connectivity index (χ3n) is 9.38. The summed E-state index contributed by atoms with van der Waals surface area (Å²) >= 11 is 0. The largest absolute Gasteiger partial charge is 0.456 e. The maximum atomic E-state index is 6.44. The maximum absolute atomic E-state index is 6.44. The van der Waals surface area contributed by atoms with Crippen molar-refractivity contribution in [2.24, 2.45) is 0 Å². The smallest absolute Gasteiger partial charge is 0.136 e. The number of hydrogen-bond donors (Lipinski definition) is 0. The molecule has 0 aliphatic carbocycles. The van der Waals surface area contributed by atoms with Crippen LogP contribution in [0.5, 0.6) is 0 Å². The van der Waals surface area contributed by atoms with E-state index >= 15 is 0 Å². The van der Waals surface area contributed by atoms with Crippen LogP contribution in [-0.2, 0) is 0 Å². The monoisotopic (exact) mass is 544 g/mol. The lowest BCUT2D eigenvalue weighted by Gasteiger charge is -2.17. The fourth-order valence-electron chi connectivity index (χ4n) is 7.44. The minimum absolute atomic E-state index is 0.919. The van der Waals surface area contributed by atoms with Crippen LogP contribution in [0.4, 0.5) is 0 Å². The summed E-state index contributed by atoms with van der Waals surface area (Å²) in [5.74, 6) is 0. The molecular formula is C42H24O. The van der Waals surface area contributed by atoms with E-state index in [9.17, 15) is 0 Å². The van der Waals surface area contributed by atoms with Crippen LogP contribution in [-0.4, -0.2) is 0 Å². The molecule has 1 heterocycles. The highest BCUT2D eigenvalue weighted by Gasteiger charge is 2.17. The summed E-state index contributed by atoms with van der Waals surface area (Å²) in [6.07, 6.45) is 0. The van der Waals surface area contributed by atoms with Crippen LogP contribution in [0.15, 0.2) is 150 Å². The van der Waals surface area contributed by atoms with Crippen molar-refractivity contribution < 1.29 is 4.42 Å². The third-order valence-corrected chi connectivity index (χ3v) is 9.38. The molecule has 0 amide bonds. The average molecular weight is 545 g/mol. The minimum Gasteiger partial charge on any atom is -0.456 e. The van der Waals surface area contributed by atoms with Crippen molar-refractivity contribution in [3.8, 4) is 11.1 Å². The van der Waals surface area contributed by atoms with Crippen molar-refractivity contribution in [3.05, 3.63) is 146 Å². The number of hydrogen-bond acceptors (Lipinski definition) is 1. The molecule has 1 heteroatoms. The van der Waals surface area contributed by atoms with Gasteiger partial charge in [-0.15, -0.1) is 0 Å². The minimum atomic E-state index is 0.919. The Labute approximate surface area is 247 Å². The molecule has 0 saturated carbocycles. The van der Waals surface area contributed by atoms with Crippen LogP contribution in [0.1, 0.15) is 0 Å². The Hall–Kier alpha value is -5.66. The summed E-state index contributed by atoms with van der Waals surface area (Å²) in [4.78, 5) is 0. The maximum Gasteiger partial charge on any atom is 0.136 e. The van der Waals surface area contributed by atoms with Gasteiger partial charge in [-0.05, 0) is 106 Å². The van der Waals surface area contributed by atoms with Crippen molar-refractivity contribution in [3.63, 3.8) is 0 Å². The van der Waals surface area contributed by atoms with Crippen molar-refractivity contribution in [2.75, 3.05) is 0 Å². The summed E-state index contributed by atoms with van der Waals surface area (Å²) in [6, 6.07) is 53.1. The molecule has 1 nitrogen and oxygen atoms in total. The number of furan rings is 1. The van der Waals surface area contributed by atoms with Crippen LogP contribution < -0.4 is 0 Å². The lowest BCUT2D eigenvalue weighted by molar-refractivity contribution is 0.669. The Morgan fingerprint density at radius 1 is 0.279 bits per heavy atom. The molecule has 10 rings (SSSR count). The SMILES string of the molecule is c1ccc2cc3c(cc2c1)oc1cc(-c2ccc4c5ccccc5c5c6ccccc6c6ccccc6c5c4c2)ccc13.